The number of hydrogen-bond acceptors (Lipinski definition) is 1. The highest BCUT2D eigenvalue weighted by atomic mass is 16.5. The lowest BCUT2D eigenvalue weighted by molar-refractivity contribution is -0.0623. The van der Waals surface area contributed by atoms with E-state index in [1.54, 1.807) is 0 Å². The molecule has 1 nitrogen and oxygen atoms in total. The second-order valence-corrected chi connectivity index (χ2v) is 4.96. The minimum absolute atomic E-state index is 0.195. The van der Waals surface area contributed by atoms with Crippen molar-refractivity contribution < 1.29 is 4.74 Å². The molecule has 0 heterocycles. The van der Waals surface area contributed by atoms with Crippen LogP contribution in [0.3, 0.4) is 0 Å². The minimum atomic E-state index is 0.195. The van der Waals surface area contributed by atoms with Crippen LogP contribution in [0, 0.1) is 11.8 Å². The molecule has 78 valence electrons. The second-order valence-electron chi connectivity index (χ2n) is 4.96. The van der Waals surface area contributed by atoms with Crippen LogP contribution < -0.4 is 0 Å². The van der Waals surface area contributed by atoms with E-state index in [-0.39, 0.29) is 5.60 Å². The van der Waals surface area contributed by atoms with E-state index >= 15 is 0 Å². The molecule has 0 radical (unpaired) electrons. The zero-order valence-corrected chi connectivity index (χ0v) is 9.60. The zero-order valence-electron chi connectivity index (χ0n) is 9.60. The summed E-state index contributed by atoms with van der Waals surface area (Å²) in [5, 5.41) is 0. The molecule has 0 saturated heterocycles. The van der Waals surface area contributed by atoms with E-state index in [1.165, 1.54) is 25.7 Å². The van der Waals surface area contributed by atoms with Crippen molar-refractivity contribution in [2.75, 3.05) is 6.61 Å². The smallest absolute Gasteiger partial charge is 0.0654 e. The lowest BCUT2D eigenvalue weighted by Gasteiger charge is -2.38. The third-order valence-electron chi connectivity index (χ3n) is 3.52. The summed E-state index contributed by atoms with van der Waals surface area (Å²) in [6.07, 6.45) is 5.22. The van der Waals surface area contributed by atoms with Gasteiger partial charge in [-0.2, -0.15) is 0 Å². The summed E-state index contributed by atoms with van der Waals surface area (Å²) in [6.45, 7) is 9.91. The molecular formula is C12H24O. The van der Waals surface area contributed by atoms with Gasteiger partial charge in [-0.1, -0.05) is 13.8 Å². The quantitative estimate of drug-likeness (QED) is 0.651. The van der Waals surface area contributed by atoms with Crippen LogP contribution in [0.2, 0.25) is 0 Å². The van der Waals surface area contributed by atoms with Crippen LogP contribution in [0.5, 0.6) is 0 Å². The Labute approximate surface area is 82.9 Å². The van der Waals surface area contributed by atoms with Gasteiger partial charge in [0.15, 0.2) is 0 Å². The second kappa shape index (κ2) is 4.45. The van der Waals surface area contributed by atoms with Crippen molar-refractivity contribution in [1.82, 2.24) is 0 Å². The molecule has 0 aromatic heterocycles. The van der Waals surface area contributed by atoms with Crippen molar-refractivity contribution in [1.29, 1.82) is 0 Å². The Morgan fingerprint density at radius 2 is 1.85 bits per heavy atom. The Kier molecular flexibility index (Phi) is 3.78. The van der Waals surface area contributed by atoms with Crippen molar-refractivity contribution in [3.63, 3.8) is 0 Å². The molecular weight excluding hydrogens is 160 g/mol. The molecule has 0 aromatic carbocycles. The standard InChI is InChI=1S/C12H24O/c1-5-13-12(4)8-6-11(7-9-12)10(2)3/h10-11H,5-9H2,1-4H3. The van der Waals surface area contributed by atoms with Crippen LogP contribution in [0.25, 0.3) is 0 Å². The monoisotopic (exact) mass is 184 g/mol. The molecule has 1 aliphatic carbocycles. The number of hydrogen-bond donors (Lipinski definition) is 0. The third kappa shape index (κ3) is 2.98. The molecule has 1 rings (SSSR count). The first-order valence-electron chi connectivity index (χ1n) is 5.71. The van der Waals surface area contributed by atoms with Crippen LogP contribution in [0.4, 0.5) is 0 Å². The van der Waals surface area contributed by atoms with Gasteiger partial charge in [0.1, 0.15) is 0 Å². The van der Waals surface area contributed by atoms with Crippen LogP contribution in [-0.2, 0) is 4.74 Å². The molecule has 0 aliphatic heterocycles. The maximum atomic E-state index is 5.80. The van der Waals surface area contributed by atoms with Gasteiger partial charge in [0.05, 0.1) is 5.60 Å². The minimum Gasteiger partial charge on any atom is -0.376 e. The largest absolute Gasteiger partial charge is 0.376 e. The lowest BCUT2D eigenvalue weighted by atomic mass is 9.75. The topological polar surface area (TPSA) is 9.23 Å². The molecule has 13 heavy (non-hydrogen) atoms. The highest BCUT2D eigenvalue weighted by molar-refractivity contribution is 4.84. The highest BCUT2D eigenvalue weighted by Gasteiger charge is 2.32. The number of rotatable bonds is 3. The summed E-state index contributed by atoms with van der Waals surface area (Å²) in [5.41, 5.74) is 0.195. The molecule has 1 heteroatoms. The summed E-state index contributed by atoms with van der Waals surface area (Å²) in [5.74, 6) is 1.79. The van der Waals surface area contributed by atoms with Crippen LogP contribution in [-0.4, -0.2) is 12.2 Å². The predicted molar refractivity (Wildman–Crippen MR) is 56.8 cm³/mol. The fraction of sp³-hybridized carbons (Fsp3) is 1.00. The molecule has 0 aromatic rings. The first kappa shape index (κ1) is 11.0. The van der Waals surface area contributed by atoms with Crippen LogP contribution >= 0.6 is 0 Å². The zero-order chi connectivity index (χ0) is 9.90. The highest BCUT2D eigenvalue weighted by Crippen LogP contribution is 2.37. The Hall–Kier alpha value is -0.0400. The average Bonchev–Trinajstić information content (AvgIpc) is 2.05. The van der Waals surface area contributed by atoms with E-state index in [0.717, 1.165) is 18.4 Å². The molecule has 1 aliphatic rings. The van der Waals surface area contributed by atoms with Crippen LogP contribution in [0.15, 0.2) is 0 Å². The van der Waals surface area contributed by atoms with E-state index < -0.39 is 0 Å². The van der Waals surface area contributed by atoms with Gasteiger partial charge < -0.3 is 4.74 Å². The van der Waals surface area contributed by atoms with Crippen molar-refractivity contribution >= 4 is 0 Å². The predicted octanol–water partition coefficient (Wildman–Crippen LogP) is 3.63. The first-order chi connectivity index (χ1) is 6.07. The Balaban J connectivity index is 2.37. The molecule has 0 spiro atoms. The van der Waals surface area contributed by atoms with E-state index in [1.807, 2.05) is 0 Å². The first-order valence-corrected chi connectivity index (χ1v) is 5.71. The molecule has 0 N–H and O–H groups in total. The summed E-state index contributed by atoms with van der Waals surface area (Å²) in [6, 6.07) is 0. The molecule has 1 saturated carbocycles. The summed E-state index contributed by atoms with van der Waals surface area (Å²) in [4.78, 5) is 0. The molecule has 0 bridgehead atoms. The molecule has 0 amide bonds. The van der Waals surface area contributed by atoms with Crippen molar-refractivity contribution in [2.45, 2.75) is 59.0 Å². The third-order valence-corrected chi connectivity index (χ3v) is 3.52. The van der Waals surface area contributed by atoms with Crippen molar-refractivity contribution in [3.8, 4) is 0 Å². The molecule has 0 atom stereocenters. The van der Waals surface area contributed by atoms with E-state index in [2.05, 4.69) is 27.7 Å². The fourth-order valence-electron chi connectivity index (χ4n) is 2.41. The summed E-state index contributed by atoms with van der Waals surface area (Å²) >= 11 is 0. The van der Waals surface area contributed by atoms with Gasteiger partial charge in [-0.15, -0.1) is 0 Å². The fourth-order valence-corrected chi connectivity index (χ4v) is 2.41. The Morgan fingerprint density at radius 1 is 1.31 bits per heavy atom. The lowest BCUT2D eigenvalue weighted by Crippen LogP contribution is -2.35. The summed E-state index contributed by atoms with van der Waals surface area (Å²) < 4.78 is 5.80. The van der Waals surface area contributed by atoms with E-state index in [9.17, 15) is 0 Å². The van der Waals surface area contributed by atoms with Gasteiger partial charge in [-0.25, -0.2) is 0 Å². The number of ether oxygens (including phenoxy) is 1. The van der Waals surface area contributed by atoms with Gasteiger partial charge >= 0.3 is 0 Å². The normalized spacial score (nSPS) is 35.3. The van der Waals surface area contributed by atoms with Gasteiger partial charge in [-0.05, 0) is 51.4 Å². The van der Waals surface area contributed by atoms with E-state index in [0.29, 0.717) is 0 Å². The summed E-state index contributed by atoms with van der Waals surface area (Å²) in [7, 11) is 0. The van der Waals surface area contributed by atoms with Gasteiger partial charge in [0.25, 0.3) is 0 Å². The maximum Gasteiger partial charge on any atom is 0.0654 e. The average molecular weight is 184 g/mol. The van der Waals surface area contributed by atoms with E-state index in [4.69, 9.17) is 4.74 Å². The SMILES string of the molecule is CCOC1(C)CCC(C(C)C)CC1. The Morgan fingerprint density at radius 3 is 2.23 bits per heavy atom. The van der Waals surface area contributed by atoms with Gasteiger partial charge in [0.2, 0.25) is 0 Å². The van der Waals surface area contributed by atoms with Crippen LogP contribution in [0.1, 0.15) is 53.4 Å². The van der Waals surface area contributed by atoms with Crippen molar-refractivity contribution in [3.05, 3.63) is 0 Å². The van der Waals surface area contributed by atoms with Crippen molar-refractivity contribution in [2.24, 2.45) is 11.8 Å². The Bertz CT molecular complexity index is 143. The maximum absolute atomic E-state index is 5.80. The van der Waals surface area contributed by atoms with Gasteiger partial charge in [-0.3, -0.25) is 0 Å². The molecule has 1 fully saturated rings. The van der Waals surface area contributed by atoms with Gasteiger partial charge in [0, 0.05) is 6.61 Å². The molecule has 0 unspecified atom stereocenters.